The Morgan fingerprint density at radius 1 is 1.03 bits per heavy atom. The first kappa shape index (κ1) is 21.6. The van der Waals surface area contributed by atoms with Crippen molar-refractivity contribution in [1.82, 2.24) is 9.55 Å². The molecule has 2 aromatic heterocycles. The minimum absolute atomic E-state index is 0.0289. The van der Waals surface area contributed by atoms with Crippen LogP contribution in [0.25, 0.3) is 22.7 Å². The molecule has 0 radical (unpaired) electrons. The molecule has 0 unspecified atom stereocenters. The van der Waals surface area contributed by atoms with Crippen LogP contribution in [0.15, 0.2) is 88.2 Å². The molecule has 0 bridgehead atoms. The van der Waals surface area contributed by atoms with Crippen molar-refractivity contribution in [3.8, 4) is 0 Å². The molecule has 176 valence electrons. The highest BCUT2D eigenvalue weighted by Gasteiger charge is 2.33. The van der Waals surface area contributed by atoms with Gasteiger partial charge in [0, 0.05) is 32.7 Å². The van der Waals surface area contributed by atoms with E-state index in [-0.39, 0.29) is 11.6 Å². The number of hydrogen-bond acceptors (Lipinski definition) is 3. The number of aromatic nitrogens is 2. The average molecular weight is 508 g/mol. The molecule has 0 fully saturated rings. The summed E-state index contributed by atoms with van der Waals surface area (Å²) >= 11 is 8.19. The molecule has 4 nitrogen and oxygen atoms in total. The lowest BCUT2D eigenvalue weighted by Gasteiger charge is -2.31. The van der Waals surface area contributed by atoms with Crippen LogP contribution in [0.5, 0.6) is 0 Å². The molecular formula is C30H22ClN3OS. The van der Waals surface area contributed by atoms with Crippen molar-refractivity contribution in [2.75, 3.05) is 0 Å². The van der Waals surface area contributed by atoms with Gasteiger partial charge in [-0.3, -0.25) is 9.36 Å². The summed E-state index contributed by atoms with van der Waals surface area (Å²) in [5, 5.41) is 1.77. The van der Waals surface area contributed by atoms with Gasteiger partial charge in [-0.25, -0.2) is 4.99 Å². The van der Waals surface area contributed by atoms with E-state index in [0.29, 0.717) is 14.4 Å². The first-order chi connectivity index (χ1) is 17.6. The summed E-state index contributed by atoms with van der Waals surface area (Å²) in [7, 11) is 0. The predicted molar refractivity (Wildman–Crippen MR) is 147 cm³/mol. The number of benzene rings is 3. The number of nitrogens with zero attached hydrogens (tertiary/aromatic N) is 2. The van der Waals surface area contributed by atoms with Crippen LogP contribution in [-0.2, 0) is 6.42 Å². The Hall–Kier alpha value is -3.67. The molecule has 1 aliphatic heterocycles. The normalized spacial score (nSPS) is 17.1. The molecule has 0 amide bonds. The van der Waals surface area contributed by atoms with Crippen LogP contribution in [0.1, 0.15) is 40.4 Å². The molecule has 5 aromatic rings. The summed E-state index contributed by atoms with van der Waals surface area (Å²) in [4.78, 5) is 23.3. The minimum Gasteiger partial charge on any atom is -0.358 e. The van der Waals surface area contributed by atoms with Gasteiger partial charge in [0.1, 0.15) is 0 Å². The number of aromatic amines is 1. The van der Waals surface area contributed by atoms with Crippen molar-refractivity contribution >= 4 is 45.6 Å². The number of fused-ring (bicyclic) bond motifs is 4. The molecular weight excluding hydrogens is 486 g/mol. The summed E-state index contributed by atoms with van der Waals surface area (Å²) in [6.45, 7) is 2.05. The number of nitrogens with one attached hydrogen (secondary N) is 1. The van der Waals surface area contributed by atoms with E-state index >= 15 is 0 Å². The Morgan fingerprint density at radius 3 is 2.69 bits per heavy atom. The van der Waals surface area contributed by atoms with Gasteiger partial charge in [0.2, 0.25) is 0 Å². The van der Waals surface area contributed by atoms with Crippen molar-refractivity contribution in [2.24, 2.45) is 4.99 Å². The maximum absolute atomic E-state index is 14.0. The summed E-state index contributed by atoms with van der Waals surface area (Å²) in [6, 6.07) is 24.2. The molecule has 1 N–H and O–H groups in total. The molecule has 0 spiro atoms. The fourth-order valence-electron chi connectivity index (χ4n) is 5.61. The fourth-order valence-corrected chi connectivity index (χ4v) is 6.83. The first-order valence-electron chi connectivity index (χ1n) is 12.0. The molecule has 7 rings (SSSR count). The number of rotatable bonds is 2. The van der Waals surface area contributed by atoms with Gasteiger partial charge in [-0.15, -0.1) is 0 Å². The van der Waals surface area contributed by atoms with Crippen molar-refractivity contribution in [3.63, 3.8) is 0 Å². The van der Waals surface area contributed by atoms with Crippen LogP contribution in [-0.4, -0.2) is 9.55 Å². The smallest absolute Gasteiger partial charge is 0.271 e. The van der Waals surface area contributed by atoms with Gasteiger partial charge in [-0.05, 0) is 54.7 Å². The number of H-pyrrole nitrogens is 1. The number of thiazole rings is 1. The second kappa shape index (κ2) is 8.19. The Balaban J connectivity index is 1.53. The third-order valence-electron chi connectivity index (χ3n) is 7.29. The zero-order valence-corrected chi connectivity index (χ0v) is 21.2. The molecule has 0 saturated heterocycles. The molecule has 36 heavy (non-hydrogen) atoms. The molecule has 0 saturated carbocycles. The Morgan fingerprint density at radius 2 is 1.81 bits per heavy atom. The largest absolute Gasteiger partial charge is 0.358 e. The number of hydrogen-bond donors (Lipinski definition) is 1. The van der Waals surface area contributed by atoms with Gasteiger partial charge in [0.15, 0.2) is 4.80 Å². The summed E-state index contributed by atoms with van der Waals surface area (Å²) in [6.07, 6.45) is 3.78. The van der Waals surface area contributed by atoms with E-state index in [1.807, 2.05) is 54.0 Å². The lowest BCUT2D eigenvalue weighted by atomic mass is 9.83. The Kier molecular flexibility index (Phi) is 4.91. The number of para-hydroxylation sites is 1. The highest BCUT2D eigenvalue weighted by atomic mass is 35.5. The average Bonchev–Trinajstić information content (AvgIpc) is 3.39. The summed E-state index contributed by atoms with van der Waals surface area (Å²) < 4.78 is 2.53. The number of aryl methyl sites for hydroxylation is 2. The van der Waals surface area contributed by atoms with Gasteiger partial charge in [-0.1, -0.05) is 83.6 Å². The summed E-state index contributed by atoms with van der Waals surface area (Å²) in [5.74, 6) is 0. The Bertz CT molecular complexity index is 1910. The summed E-state index contributed by atoms with van der Waals surface area (Å²) in [5.41, 5.74) is 8.65. The second-order valence-electron chi connectivity index (χ2n) is 9.34. The highest BCUT2D eigenvalue weighted by molar-refractivity contribution is 7.07. The van der Waals surface area contributed by atoms with Gasteiger partial charge < -0.3 is 4.98 Å². The Labute approximate surface area is 216 Å². The van der Waals surface area contributed by atoms with E-state index in [1.54, 1.807) is 0 Å². The van der Waals surface area contributed by atoms with E-state index in [0.717, 1.165) is 57.4 Å². The van der Waals surface area contributed by atoms with Crippen LogP contribution in [0.3, 0.4) is 0 Å². The van der Waals surface area contributed by atoms with Crippen molar-refractivity contribution in [1.29, 1.82) is 0 Å². The quantitative estimate of drug-likeness (QED) is 0.324. The van der Waals surface area contributed by atoms with E-state index in [1.165, 1.54) is 16.9 Å². The van der Waals surface area contributed by atoms with Crippen LogP contribution >= 0.6 is 22.9 Å². The van der Waals surface area contributed by atoms with Crippen LogP contribution in [0.2, 0.25) is 5.02 Å². The van der Waals surface area contributed by atoms with E-state index < -0.39 is 0 Å². The topological polar surface area (TPSA) is 50.1 Å². The molecule has 2 aliphatic rings. The van der Waals surface area contributed by atoms with Gasteiger partial charge in [0.05, 0.1) is 16.3 Å². The van der Waals surface area contributed by atoms with Crippen molar-refractivity contribution in [3.05, 3.63) is 131 Å². The van der Waals surface area contributed by atoms with Crippen molar-refractivity contribution < 1.29 is 0 Å². The molecule has 1 aliphatic carbocycles. The molecule has 6 heteroatoms. The van der Waals surface area contributed by atoms with Gasteiger partial charge >= 0.3 is 0 Å². The molecule has 3 heterocycles. The van der Waals surface area contributed by atoms with Crippen LogP contribution in [0.4, 0.5) is 0 Å². The van der Waals surface area contributed by atoms with Crippen molar-refractivity contribution in [2.45, 2.75) is 25.8 Å². The van der Waals surface area contributed by atoms with Gasteiger partial charge in [0.25, 0.3) is 5.56 Å². The van der Waals surface area contributed by atoms with E-state index in [2.05, 4.69) is 41.4 Å². The third-order valence-corrected chi connectivity index (χ3v) is 8.62. The number of halogens is 1. The maximum Gasteiger partial charge on any atom is 0.271 e. The third kappa shape index (κ3) is 3.20. The first-order valence-corrected chi connectivity index (χ1v) is 13.2. The van der Waals surface area contributed by atoms with Crippen LogP contribution < -0.4 is 14.9 Å². The fraction of sp³-hybridized carbons (Fsp3) is 0.133. The zero-order valence-electron chi connectivity index (χ0n) is 19.6. The van der Waals surface area contributed by atoms with E-state index in [9.17, 15) is 4.79 Å². The second-order valence-corrected chi connectivity index (χ2v) is 10.8. The zero-order chi connectivity index (χ0) is 24.4. The minimum atomic E-state index is -0.274. The van der Waals surface area contributed by atoms with Crippen LogP contribution in [0, 0.1) is 6.92 Å². The lowest BCUT2D eigenvalue weighted by Crippen LogP contribution is -2.38. The molecule has 3 aromatic carbocycles. The molecule has 1 atom stereocenters. The SMILES string of the molecule is Cc1[nH]c2ccccc2c1/C=c1/sc2n(c1=O)[C@H](c1ccccc1Cl)C1=C(N=2)c2ccccc2CC1. The standard InChI is InChI=1S/C30H22ClN3OS/c1-17-23(20-10-5-7-13-25(20)32-17)16-26-29(35)34-28(21-11-4-6-12-24(21)31)22-15-14-18-8-2-3-9-19(18)27(22)33-30(34)36-26/h2-13,16,28,32H,14-15H2,1H3/b26-16+/t28-/m1/s1. The maximum atomic E-state index is 14.0. The number of allylic oxidation sites excluding steroid dienone is 1. The van der Waals surface area contributed by atoms with Gasteiger partial charge in [-0.2, -0.15) is 0 Å². The monoisotopic (exact) mass is 507 g/mol. The lowest BCUT2D eigenvalue weighted by molar-refractivity contribution is 0.585. The van der Waals surface area contributed by atoms with E-state index in [4.69, 9.17) is 16.6 Å². The predicted octanol–water partition coefficient (Wildman–Crippen LogP) is 5.76. The highest BCUT2D eigenvalue weighted by Crippen LogP contribution is 2.42.